The average molecular weight is 206 g/mol. The Kier molecular flexibility index (Phi) is 3.15. The normalized spacial score (nSPS) is 11.3. The van der Waals surface area contributed by atoms with Gasteiger partial charge in [-0.25, -0.2) is 0 Å². The van der Waals surface area contributed by atoms with Crippen LogP contribution in [0.4, 0.5) is 0 Å². The number of carbonyl (C=O) groups is 1. The van der Waals surface area contributed by atoms with Crippen LogP contribution in [-0.4, -0.2) is 24.9 Å². The van der Waals surface area contributed by atoms with Crippen molar-refractivity contribution in [1.29, 1.82) is 0 Å². The van der Waals surface area contributed by atoms with Gasteiger partial charge >= 0.3 is 0 Å². The molecular weight excluding hydrogens is 188 g/mol. The summed E-state index contributed by atoms with van der Waals surface area (Å²) < 4.78 is 0. The predicted octanol–water partition coefficient (Wildman–Crippen LogP) is 1.58. The molecule has 0 fully saturated rings. The maximum Gasteiger partial charge on any atom is 0.253 e. The first kappa shape index (κ1) is 11.7. The molecule has 1 amide bonds. The van der Waals surface area contributed by atoms with Gasteiger partial charge in [0.25, 0.3) is 5.91 Å². The summed E-state index contributed by atoms with van der Waals surface area (Å²) >= 11 is 0. The van der Waals surface area contributed by atoms with Crippen molar-refractivity contribution in [1.82, 2.24) is 4.90 Å². The molecule has 0 saturated heterocycles. The first-order valence-electron chi connectivity index (χ1n) is 4.93. The van der Waals surface area contributed by atoms with Gasteiger partial charge < -0.3 is 10.6 Å². The zero-order valence-electron chi connectivity index (χ0n) is 9.74. The van der Waals surface area contributed by atoms with Gasteiger partial charge in [-0.15, -0.1) is 0 Å². The molecule has 0 aliphatic heterocycles. The van der Waals surface area contributed by atoms with Gasteiger partial charge in [0.1, 0.15) is 0 Å². The molecule has 3 heteroatoms. The summed E-state index contributed by atoms with van der Waals surface area (Å²) in [7, 11) is 3.48. The van der Waals surface area contributed by atoms with Gasteiger partial charge in [0.2, 0.25) is 0 Å². The van der Waals surface area contributed by atoms with E-state index in [9.17, 15) is 4.79 Å². The maximum absolute atomic E-state index is 11.6. The average Bonchev–Trinajstić information content (AvgIpc) is 2.15. The molecule has 1 aromatic rings. The molecule has 0 saturated carbocycles. The van der Waals surface area contributed by atoms with Crippen molar-refractivity contribution in [2.45, 2.75) is 19.4 Å². The van der Waals surface area contributed by atoms with Gasteiger partial charge in [0.05, 0.1) is 0 Å². The van der Waals surface area contributed by atoms with Crippen LogP contribution < -0.4 is 5.73 Å². The third-order valence-corrected chi connectivity index (χ3v) is 2.28. The second-order valence-corrected chi connectivity index (χ2v) is 4.50. The third-order valence-electron chi connectivity index (χ3n) is 2.28. The fourth-order valence-electron chi connectivity index (χ4n) is 1.30. The van der Waals surface area contributed by atoms with E-state index in [2.05, 4.69) is 0 Å². The topological polar surface area (TPSA) is 46.3 Å². The van der Waals surface area contributed by atoms with Gasteiger partial charge in [0.15, 0.2) is 0 Å². The van der Waals surface area contributed by atoms with Gasteiger partial charge in [-0.1, -0.05) is 12.1 Å². The molecule has 82 valence electrons. The van der Waals surface area contributed by atoms with E-state index in [-0.39, 0.29) is 11.4 Å². The first-order valence-corrected chi connectivity index (χ1v) is 4.93. The SMILES string of the molecule is CN(C)C(=O)c1ccc(C(C)(C)N)cc1. The summed E-state index contributed by atoms with van der Waals surface area (Å²) in [5, 5.41) is 0. The molecule has 15 heavy (non-hydrogen) atoms. The zero-order valence-corrected chi connectivity index (χ0v) is 9.74. The van der Waals surface area contributed by atoms with E-state index in [1.165, 1.54) is 0 Å². The highest BCUT2D eigenvalue weighted by molar-refractivity contribution is 5.93. The largest absolute Gasteiger partial charge is 0.345 e. The van der Waals surface area contributed by atoms with Crippen molar-refractivity contribution in [2.75, 3.05) is 14.1 Å². The van der Waals surface area contributed by atoms with Crippen molar-refractivity contribution >= 4 is 5.91 Å². The second kappa shape index (κ2) is 4.03. The van der Waals surface area contributed by atoms with Gasteiger partial charge in [-0.2, -0.15) is 0 Å². The minimum atomic E-state index is -0.361. The van der Waals surface area contributed by atoms with Crippen molar-refractivity contribution in [3.63, 3.8) is 0 Å². The van der Waals surface area contributed by atoms with Gasteiger partial charge in [0, 0.05) is 25.2 Å². The molecule has 0 unspecified atom stereocenters. The number of rotatable bonds is 2. The summed E-state index contributed by atoms with van der Waals surface area (Å²) in [6, 6.07) is 7.42. The zero-order chi connectivity index (χ0) is 11.6. The molecule has 0 atom stereocenters. The molecule has 3 nitrogen and oxygen atoms in total. The van der Waals surface area contributed by atoms with E-state index in [4.69, 9.17) is 5.73 Å². The number of hydrogen-bond donors (Lipinski definition) is 1. The Bertz CT molecular complexity index is 347. The molecule has 2 N–H and O–H groups in total. The number of nitrogens with zero attached hydrogens (tertiary/aromatic N) is 1. The lowest BCUT2D eigenvalue weighted by atomic mass is 9.95. The predicted molar refractivity (Wildman–Crippen MR) is 61.7 cm³/mol. The van der Waals surface area contributed by atoms with E-state index in [1.54, 1.807) is 19.0 Å². The first-order chi connectivity index (χ1) is 6.82. The minimum absolute atomic E-state index is 0.0105. The summed E-state index contributed by atoms with van der Waals surface area (Å²) in [5.74, 6) is 0.0105. The highest BCUT2D eigenvalue weighted by Gasteiger charge is 2.14. The highest BCUT2D eigenvalue weighted by atomic mass is 16.2. The van der Waals surface area contributed by atoms with Crippen molar-refractivity contribution < 1.29 is 4.79 Å². The fourth-order valence-corrected chi connectivity index (χ4v) is 1.30. The Morgan fingerprint density at radius 1 is 1.20 bits per heavy atom. The van der Waals surface area contributed by atoms with Crippen LogP contribution in [0.5, 0.6) is 0 Å². The standard InChI is InChI=1S/C12H18N2O/c1-12(2,13)10-7-5-9(6-8-10)11(15)14(3)4/h5-8H,13H2,1-4H3. The van der Waals surface area contributed by atoms with E-state index >= 15 is 0 Å². The minimum Gasteiger partial charge on any atom is -0.345 e. The molecular formula is C12H18N2O. The molecule has 0 aliphatic rings. The Morgan fingerprint density at radius 3 is 2.00 bits per heavy atom. The lowest BCUT2D eigenvalue weighted by Gasteiger charge is -2.19. The Morgan fingerprint density at radius 2 is 1.67 bits per heavy atom. The van der Waals surface area contributed by atoms with Gasteiger partial charge in [-0.3, -0.25) is 4.79 Å². The van der Waals surface area contributed by atoms with Gasteiger partial charge in [-0.05, 0) is 31.5 Å². The lowest BCUT2D eigenvalue weighted by Crippen LogP contribution is -2.28. The number of carbonyl (C=O) groups excluding carboxylic acids is 1. The highest BCUT2D eigenvalue weighted by Crippen LogP contribution is 2.17. The molecule has 1 rings (SSSR count). The molecule has 1 aromatic carbocycles. The van der Waals surface area contributed by atoms with Crippen molar-refractivity contribution in [3.05, 3.63) is 35.4 Å². The van der Waals surface area contributed by atoms with Crippen LogP contribution in [0.3, 0.4) is 0 Å². The summed E-state index contributed by atoms with van der Waals surface area (Å²) in [4.78, 5) is 13.2. The molecule has 0 spiro atoms. The van der Waals surface area contributed by atoms with Crippen molar-refractivity contribution in [3.8, 4) is 0 Å². The van der Waals surface area contributed by atoms with Crippen LogP contribution in [-0.2, 0) is 5.54 Å². The molecule has 0 aliphatic carbocycles. The van der Waals surface area contributed by atoms with Crippen molar-refractivity contribution in [2.24, 2.45) is 5.73 Å². The number of amides is 1. The fraction of sp³-hybridized carbons (Fsp3) is 0.417. The van der Waals surface area contributed by atoms with Crippen LogP contribution >= 0.6 is 0 Å². The Balaban J connectivity index is 2.96. The second-order valence-electron chi connectivity index (χ2n) is 4.50. The molecule has 0 bridgehead atoms. The van der Waals surface area contributed by atoms with Crippen LogP contribution in [0.2, 0.25) is 0 Å². The summed E-state index contributed by atoms with van der Waals surface area (Å²) in [6.45, 7) is 3.88. The Hall–Kier alpha value is -1.35. The van der Waals surface area contributed by atoms with E-state index < -0.39 is 0 Å². The van der Waals surface area contributed by atoms with E-state index in [0.29, 0.717) is 5.56 Å². The smallest absolute Gasteiger partial charge is 0.253 e. The monoisotopic (exact) mass is 206 g/mol. The van der Waals surface area contributed by atoms with E-state index in [1.807, 2.05) is 38.1 Å². The number of nitrogens with two attached hydrogens (primary N) is 1. The number of hydrogen-bond acceptors (Lipinski definition) is 2. The maximum atomic E-state index is 11.6. The van der Waals surface area contributed by atoms with Crippen LogP contribution in [0.25, 0.3) is 0 Å². The van der Waals surface area contributed by atoms with Crippen LogP contribution in [0.1, 0.15) is 29.8 Å². The molecule has 0 radical (unpaired) electrons. The quantitative estimate of drug-likeness (QED) is 0.798. The number of benzene rings is 1. The van der Waals surface area contributed by atoms with Crippen LogP contribution in [0, 0.1) is 0 Å². The lowest BCUT2D eigenvalue weighted by molar-refractivity contribution is 0.0827. The molecule has 0 aromatic heterocycles. The van der Waals surface area contributed by atoms with Crippen LogP contribution in [0.15, 0.2) is 24.3 Å². The van der Waals surface area contributed by atoms with E-state index in [0.717, 1.165) is 5.56 Å². The molecule has 0 heterocycles. The Labute approximate surface area is 90.9 Å². The summed E-state index contributed by atoms with van der Waals surface area (Å²) in [6.07, 6.45) is 0. The third kappa shape index (κ3) is 2.80. The summed E-state index contributed by atoms with van der Waals surface area (Å²) in [5.41, 5.74) is 7.30.